The maximum Gasteiger partial charge on any atom is 0.230 e. The third-order valence-electron chi connectivity index (χ3n) is 3.17. The molecular weight excluding hydrogens is 282 g/mol. The zero-order valence-electron chi connectivity index (χ0n) is 12.0. The molecule has 0 fully saturated rings. The number of nitrogens with one attached hydrogen (secondary N) is 1. The average Bonchev–Trinajstić information content (AvgIpc) is 2.52. The fraction of sp³-hybridized carbons (Fsp3) is 0.235. The summed E-state index contributed by atoms with van der Waals surface area (Å²) in [6.45, 7) is 1.92. The Morgan fingerprint density at radius 2 is 1.81 bits per heavy atom. The number of aliphatic hydroxyl groups is 1. The first kappa shape index (κ1) is 15.6. The van der Waals surface area contributed by atoms with Crippen LogP contribution < -0.4 is 5.32 Å². The number of benzene rings is 2. The Morgan fingerprint density at radius 1 is 1.14 bits per heavy atom. The van der Waals surface area contributed by atoms with Crippen LogP contribution in [-0.2, 0) is 4.79 Å². The van der Waals surface area contributed by atoms with Crippen molar-refractivity contribution in [3.8, 4) is 0 Å². The third kappa shape index (κ3) is 4.62. The summed E-state index contributed by atoms with van der Waals surface area (Å²) in [4.78, 5) is 13.1. The molecule has 1 amide bonds. The molecule has 2 aromatic carbocycles. The summed E-state index contributed by atoms with van der Waals surface area (Å²) in [7, 11) is 0. The molecule has 2 rings (SSSR count). The van der Waals surface area contributed by atoms with E-state index >= 15 is 0 Å². The molecule has 1 atom stereocenters. The van der Waals surface area contributed by atoms with Gasteiger partial charge in [-0.3, -0.25) is 4.79 Å². The highest BCUT2D eigenvalue weighted by molar-refractivity contribution is 8.00. The van der Waals surface area contributed by atoms with Gasteiger partial charge in [0.2, 0.25) is 5.91 Å². The zero-order chi connectivity index (χ0) is 15.1. The number of aliphatic hydroxyl groups excluding tert-OH is 1. The Bertz CT molecular complexity index is 586. The summed E-state index contributed by atoms with van der Waals surface area (Å²) >= 11 is 1.51. The van der Waals surface area contributed by atoms with Gasteiger partial charge in [-0.05, 0) is 24.1 Å². The minimum atomic E-state index is -0.351. The summed E-state index contributed by atoms with van der Waals surface area (Å²) < 4.78 is 0. The van der Waals surface area contributed by atoms with Crippen LogP contribution in [0.15, 0.2) is 59.5 Å². The lowest BCUT2D eigenvalue weighted by atomic mass is 10.1. The molecule has 0 aliphatic rings. The van der Waals surface area contributed by atoms with E-state index in [1.165, 1.54) is 11.8 Å². The van der Waals surface area contributed by atoms with Gasteiger partial charge in [-0.1, -0.05) is 48.5 Å². The van der Waals surface area contributed by atoms with E-state index < -0.39 is 0 Å². The molecule has 0 unspecified atom stereocenters. The molecule has 110 valence electrons. The van der Waals surface area contributed by atoms with Crippen molar-refractivity contribution in [2.45, 2.75) is 17.9 Å². The molecule has 0 saturated carbocycles. The van der Waals surface area contributed by atoms with Gasteiger partial charge in [-0.15, -0.1) is 11.8 Å². The number of amides is 1. The number of carbonyl (C=O) groups is 1. The van der Waals surface area contributed by atoms with Crippen LogP contribution in [0.3, 0.4) is 0 Å². The Morgan fingerprint density at radius 3 is 2.48 bits per heavy atom. The highest BCUT2D eigenvalue weighted by Gasteiger charge is 2.13. The van der Waals surface area contributed by atoms with E-state index in [1.807, 2.05) is 61.5 Å². The fourth-order valence-corrected chi connectivity index (χ4v) is 2.86. The molecule has 2 aromatic rings. The van der Waals surface area contributed by atoms with Crippen molar-refractivity contribution < 1.29 is 9.90 Å². The van der Waals surface area contributed by atoms with Gasteiger partial charge in [0, 0.05) is 4.90 Å². The van der Waals surface area contributed by atoms with E-state index in [-0.39, 0.29) is 18.6 Å². The van der Waals surface area contributed by atoms with Crippen molar-refractivity contribution >= 4 is 17.7 Å². The normalized spacial score (nSPS) is 11.9. The molecule has 0 aliphatic heterocycles. The van der Waals surface area contributed by atoms with Gasteiger partial charge < -0.3 is 10.4 Å². The van der Waals surface area contributed by atoms with E-state index in [0.29, 0.717) is 5.75 Å². The van der Waals surface area contributed by atoms with Crippen LogP contribution in [0.25, 0.3) is 0 Å². The van der Waals surface area contributed by atoms with Crippen LogP contribution >= 0.6 is 11.8 Å². The molecule has 0 spiro atoms. The van der Waals surface area contributed by atoms with Gasteiger partial charge in [0.15, 0.2) is 0 Å². The second-order valence-corrected chi connectivity index (χ2v) is 5.78. The van der Waals surface area contributed by atoms with Crippen LogP contribution in [-0.4, -0.2) is 23.4 Å². The topological polar surface area (TPSA) is 49.3 Å². The van der Waals surface area contributed by atoms with E-state index in [1.54, 1.807) is 0 Å². The Hall–Kier alpha value is -1.78. The number of rotatable bonds is 6. The van der Waals surface area contributed by atoms with E-state index in [4.69, 9.17) is 0 Å². The van der Waals surface area contributed by atoms with Gasteiger partial charge in [0.1, 0.15) is 0 Å². The van der Waals surface area contributed by atoms with Gasteiger partial charge >= 0.3 is 0 Å². The standard InChI is InChI=1S/C17H19NO2S/c1-13-7-5-6-10-16(13)21-12-17(20)18-15(11-19)14-8-3-2-4-9-14/h2-10,15,19H,11-12H2,1H3,(H,18,20)/t15-/m1/s1. The first-order valence-corrected chi connectivity index (χ1v) is 7.83. The van der Waals surface area contributed by atoms with Crippen molar-refractivity contribution in [2.75, 3.05) is 12.4 Å². The molecule has 4 heteroatoms. The lowest BCUT2D eigenvalue weighted by Gasteiger charge is -2.16. The summed E-state index contributed by atoms with van der Waals surface area (Å²) in [6.07, 6.45) is 0. The number of hydrogen-bond donors (Lipinski definition) is 2. The first-order valence-electron chi connectivity index (χ1n) is 6.84. The van der Waals surface area contributed by atoms with Crippen molar-refractivity contribution in [1.82, 2.24) is 5.32 Å². The number of aryl methyl sites for hydroxylation is 1. The van der Waals surface area contributed by atoms with Crippen LogP contribution in [0.5, 0.6) is 0 Å². The third-order valence-corrected chi connectivity index (χ3v) is 4.35. The van der Waals surface area contributed by atoms with Crippen molar-refractivity contribution in [1.29, 1.82) is 0 Å². The largest absolute Gasteiger partial charge is 0.394 e. The molecule has 3 nitrogen and oxygen atoms in total. The maximum atomic E-state index is 12.0. The first-order chi connectivity index (χ1) is 10.2. The summed E-state index contributed by atoms with van der Waals surface area (Å²) in [5.74, 6) is 0.264. The van der Waals surface area contributed by atoms with Gasteiger partial charge in [-0.25, -0.2) is 0 Å². The predicted octanol–water partition coefficient (Wildman–Crippen LogP) is 2.94. The highest BCUT2D eigenvalue weighted by Crippen LogP contribution is 2.21. The van der Waals surface area contributed by atoms with Crippen molar-refractivity contribution in [3.05, 3.63) is 65.7 Å². The highest BCUT2D eigenvalue weighted by atomic mass is 32.2. The minimum Gasteiger partial charge on any atom is -0.394 e. The lowest BCUT2D eigenvalue weighted by molar-refractivity contribution is -0.119. The molecular formula is C17H19NO2S. The number of thioether (sulfide) groups is 1. The zero-order valence-corrected chi connectivity index (χ0v) is 12.8. The average molecular weight is 301 g/mol. The number of hydrogen-bond acceptors (Lipinski definition) is 3. The number of carbonyl (C=O) groups excluding carboxylic acids is 1. The van der Waals surface area contributed by atoms with Crippen LogP contribution in [0.1, 0.15) is 17.2 Å². The van der Waals surface area contributed by atoms with Crippen LogP contribution in [0.4, 0.5) is 0 Å². The van der Waals surface area contributed by atoms with Crippen LogP contribution in [0.2, 0.25) is 0 Å². The van der Waals surface area contributed by atoms with E-state index in [9.17, 15) is 9.90 Å². The predicted molar refractivity (Wildman–Crippen MR) is 86.3 cm³/mol. The van der Waals surface area contributed by atoms with Crippen molar-refractivity contribution in [3.63, 3.8) is 0 Å². The second kappa shape index (κ2) is 7.86. The molecule has 0 radical (unpaired) electrons. The fourth-order valence-electron chi connectivity index (χ4n) is 2.02. The lowest BCUT2D eigenvalue weighted by Crippen LogP contribution is -2.32. The molecule has 0 saturated heterocycles. The van der Waals surface area contributed by atoms with Gasteiger partial charge in [-0.2, -0.15) is 0 Å². The second-order valence-electron chi connectivity index (χ2n) is 4.77. The smallest absolute Gasteiger partial charge is 0.230 e. The monoisotopic (exact) mass is 301 g/mol. The molecule has 0 bridgehead atoms. The van der Waals surface area contributed by atoms with E-state index in [2.05, 4.69) is 5.32 Å². The van der Waals surface area contributed by atoms with Crippen LogP contribution in [0, 0.1) is 6.92 Å². The van der Waals surface area contributed by atoms with E-state index in [0.717, 1.165) is 16.0 Å². The summed E-state index contributed by atoms with van der Waals surface area (Å²) in [5.41, 5.74) is 2.08. The Labute approximate surface area is 129 Å². The molecule has 0 aliphatic carbocycles. The molecule has 0 heterocycles. The SMILES string of the molecule is Cc1ccccc1SCC(=O)N[C@H](CO)c1ccccc1. The Kier molecular flexibility index (Phi) is 5.84. The summed E-state index contributed by atoms with van der Waals surface area (Å²) in [6, 6.07) is 17.1. The Balaban J connectivity index is 1.90. The minimum absolute atomic E-state index is 0.0776. The van der Waals surface area contributed by atoms with Gasteiger partial charge in [0.05, 0.1) is 18.4 Å². The maximum absolute atomic E-state index is 12.0. The van der Waals surface area contributed by atoms with Crippen molar-refractivity contribution in [2.24, 2.45) is 0 Å². The molecule has 2 N–H and O–H groups in total. The molecule has 21 heavy (non-hydrogen) atoms. The van der Waals surface area contributed by atoms with Gasteiger partial charge in [0.25, 0.3) is 0 Å². The molecule has 0 aromatic heterocycles. The summed E-state index contributed by atoms with van der Waals surface area (Å²) in [5, 5.41) is 12.3. The quantitative estimate of drug-likeness (QED) is 0.807.